The van der Waals surface area contributed by atoms with E-state index in [0.29, 0.717) is 18.0 Å². The van der Waals surface area contributed by atoms with Crippen LogP contribution in [0.2, 0.25) is 0 Å². The van der Waals surface area contributed by atoms with Crippen molar-refractivity contribution in [3.8, 4) is 0 Å². The molecule has 4 nitrogen and oxygen atoms in total. The van der Waals surface area contributed by atoms with Gasteiger partial charge in [0.25, 0.3) is 0 Å². The van der Waals surface area contributed by atoms with E-state index in [4.69, 9.17) is 0 Å². The number of rotatable bonds is 5. The fourth-order valence-corrected chi connectivity index (χ4v) is 3.21. The molecule has 0 radical (unpaired) electrons. The molecular weight excluding hydrogens is 329 g/mol. The molecule has 1 saturated heterocycles. The van der Waals surface area contributed by atoms with E-state index in [1.54, 1.807) is 4.90 Å². The van der Waals surface area contributed by atoms with Gasteiger partial charge in [-0.05, 0) is 37.0 Å². The zero-order valence-corrected chi connectivity index (χ0v) is 13.3. The molecule has 0 spiro atoms. The summed E-state index contributed by atoms with van der Waals surface area (Å²) in [5, 5.41) is 11.8. The third kappa shape index (κ3) is 5.31. The Morgan fingerprint density at radius 1 is 1.48 bits per heavy atom. The number of likely N-dealkylation sites (tertiary alicyclic amines) is 1. The summed E-state index contributed by atoms with van der Waals surface area (Å²) in [5.74, 6) is -0.937. The van der Waals surface area contributed by atoms with Crippen LogP contribution in [0.3, 0.4) is 0 Å². The molecule has 0 unspecified atom stereocenters. The standard InChI is InChI=1S/C15H19F3N2O2S/c16-11-3-4-13(23-9-14(17)18)12(6-11)19-15(22)20-5-1-2-10(7-20)8-21/h3-4,6,10,14,21H,1-2,5,7-9H2,(H,19,22)/t10-/m0/s1. The molecule has 1 aromatic carbocycles. The maximum Gasteiger partial charge on any atom is 0.321 e. The molecule has 0 aliphatic carbocycles. The Bertz CT molecular complexity index is 545. The monoisotopic (exact) mass is 348 g/mol. The number of nitrogens with zero attached hydrogens (tertiary/aromatic N) is 1. The van der Waals surface area contributed by atoms with Gasteiger partial charge in [0, 0.05) is 24.6 Å². The van der Waals surface area contributed by atoms with Gasteiger partial charge in [0.05, 0.1) is 11.4 Å². The van der Waals surface area contributed by atoms with E-state index in [0.717, 1.165) is 30.7 Å². The van der Waals surface area contributed by atoms with E-state index in [1.165, 1.54) is 12.1 Å². The number of benzene rings is 1. The Labute approximate surface area is 137 Å². The molecule has 1 heterocycles. The SMILES string of the molecule is O=C(Nc1cc(F)ccc1SCC(F)F)N1CCC[C@H](CO)C1. The van der Waals surface area contributed by atoms with Crippen LogP contribution in [-0.4, -0.2) is 47.9 Å². The summed E-state index contributed by atoms with van der Waals surface area (Å²) in [7, 11) is 0. The second-order valence-corrected chi connectivity index (χ2v) is 6.47. The Morgan fingerprint density at radius 2 is 2.26 bits per heavy atom. The highest BCUT2D eigenvalue weighted by atomic mass is 32.2. The first-order valence-corrected chi connectivity index (χ1v) is 8.35. The average Bonchev–Trinajstić information content (AvgIpc) is 2.54. The molecule has 0 aromatic heterocycles. The first-order chi connectivity index (χ1) is 11.0. The maximum atomic E-state index is 13.4. The second-order valence-electron chi connectivity index (χ2n) is 5.41. The van der Waals surface area contributed by atoms with Crippen molar-refractivity contribution >= 4 is 23.5 Å². The number of nitrogens with one attached hydrogen (secondary N) is 1. The van der Waals surface area contributed by atoms with Gasteiger partial charge in [-0.1, -0.05) is 0 Å². The molecule has 0 saturated carbocycles. The van der Waals surface area contributed by atoms with E-state index in [2.05, 4.69) is 5.32 Å². The van der Waals surface area contributed by atoms with Gasteiger partial charge in [-0.2, -0.15) is 0 Å². The van der Waals surface area contributed by atoms with E-state index in [9.17, 15) is 23.1 Å². The summed E-state index contributed by atoms with van der Waals surface area (Å²) in [6, 6.07) is 3.27. The third-order valence-electron chi connectivity index (χ3n) is 3.61. The Kier molecular flexibility index (Phi) is 6.59. The number of aliphatic hydroxyl groups is 1. The van der Waals surface area contributed by atoms with E-state index in [1.807, 2.05) is 0 Å². The molecular formula is C15H19F3N2O2S. The van der Waals surface area contributed by atoms with Crippen molar-refractivity contribution in [2.45, 2.75) is 24.2 Å². The van der Waals surface area contributed by atoms with Crippen LogP contribution in [-0.2, 0) is 0 Å². The Hall–Kier alpha value is -1.41. The molecule has 1 fully saturated rings. The minimum absolute atomic E-state index is 0.0131. The van der Waals surface area contributed by atoms with Crippen LogP contribution in [0.25, 0.3) is 0 Å². The first-order valence-electron chi connectivity index (χ1n) is 7.37. The number of urea groups is 1. The minimum Gasteiger partial charge on any atom is -0.396 e. The molecule has 2 rings (SSSR count). The van der Waals surface area contributed by atoms with Gasteiger partial charge < -0.3 is 15.3 Å². The highest BCUT2D eigenvalue weighted by Crippen LogP contribution is 2.30. The largest absolute Gasteiger partial charge is 0.396 e. The van der Waals surface area contributed by atoms with E-state index in [-0.39, 0.29) is 18.2 Å². The lowest BCUT2D eigenvalue weighted by molar-refractivity contribution is 0.136. The summed E-state index contributed by atoms with van der Waals surface area (Å²) in [6.07, 6.45) is -0.842. The van der Waals surface area contributed by atoms with Crippen molar-refractivity contribution in [2.24, 2.45) is 5.92 Å². The van der Waals surface area contributed by atoms with Gasteiger partial charge in [-0.25, -0.2) is 18.0 Å². The number of amides is 2. The van der Waals surface area contributed by atoms with E-state index >= 15 is 0 Å². The first kappa shape index (κ1) is 17.9. The number of hydrogen-bond acceptors (Lipinski definition) is 3. The van der Waals surface area contributed by atoms with Crippen molar-refractivity contribution < 1.29 is 23.1 Å². The smallest absolute Gasteiger partial charge is 0.321 e. The number of aliphatic hydroxyl groups excluding tert-OH is 1. The van der Waals surface area contributed by atoms with Crippen molar-refractivity contribution in [3.63, 3.8) is 0 Å². The number of carbonyl (C=O) groups excluding carboxylic acids is 1. The molecule has 8 heteroatoms. The van der Waals surface area contributed by atoms with Crippen LogP contribution in [0.5, 0.6) is 0 Å². The summed E-state index contributed by atoms with van der Waals surface area (Å²) in [4.78, 5) is 14.2. The highest BCUT2D eigenvalue weighted by Gasteiger charge is 2.23. The van der Waals surface area contributed by atoms with Crippen molar-refractivity contribution in [1.82, 2.24) is 4.90 Å². The van der Waals surface area contributed by atoms with Gasteiger partial charge in [0.2, 0.25) is 6.43 Å². The second kappa shape index (κ2) is 8.44. The molecule has 0 bridgehead atoms. The van der Waals surface area contributed by atoms with Crippen LogP contribution in [0.1, 0.15) is 12.8 Å². The molecule has 1 aliphatic rings. The number of piperidine rings is 1. The molecule has 23 heavy (non-hydrogen) atoms. The maximum absolute atomic E-state index is 13.4. The number of carbonyl (C=O) groups is 1. The predicted octanol–water partition coefficient (Wildman–Crippen LogP) is 3.42. The molecule has 1 aliphatic heterocycles. The van der Waals surface area contributed by atoms with Crippen molar-refractivity contribution in [1.29, 1.82) is 0 Å². The number of alkyl halides is 2. The zero-order chi connectivity index (χ0) is 16.8. The molecule has 128 valence electrons. The number of halogens is 3. The van der Waals surface area contributed by atoms with Gasteiger partial charge in [0.1, 0.15) is 5.82 Å². The quantitative estimate of drug-likeness (QED) is 0.802. The van der Waals surface area contributed by atoms with Crippen LogP contribution in [0, 0.1) is 11.7 Å². The van der Waals surface area contributed by atoms with Gasteiger partial charge >= 0.3 is 6.03 Å². The molecule has 2 amide bonds. The highest BCUT2D eigenvalue weighted by molar-refractivity contribution is 7.99. The van der Waals surface area contributed by atoms with Crippen molar-refractivity contribution in [2.75, 3.05) is 30.8 Å². The zero-order valence-electron chi connectivity index (χ0n) is 12.5. The van der Waals surface area contributed by atoms with Crippen LogP contribution in [0.15, 0.2) is 23.1 Å². The van der Waals surface area contributed by atoms with Crippen molar-refractivity contribution in [3.05, 3.63) is 24.0 Å². The van der Waals surface area contributed by atoms with Crippen LogP contribution in [0.4, 0.5) is 23.7 Å². The fourth-order valence-electron chi connectivity index (χ4n) is 2.47. The number of hydrogen-bond donors (Lipinski definition) is 2. The Balaban J connectivity index is 2.05. The number of thioether (sulfide) groups is 1. The van der Waals surface area contributed by atoms with Gasteiger partial charge in [-0.15, -0.1) is 11.8 Å². The molecule has 1 aromatic rings. The average molecular weight is 348 g/mol. The van der Waals surface area contributed by atoms with Crippen LogP contribution >= 0.6 is 11.8 Å². The lowest BCUT2D eigenvalue weighted by Gasteiger charge is -2.32. The summed E-state index contributed by atoms with van der Waals surface area (Å²) >= 11 is 0.868. The summed E-state index contributed by atoms with van der Waals surface area (Å²) in [6.45, 7) is 0.994. The lowest BCUT2D eigenvalue weighted by atomic mass is 9.99. The van der Waals surface area contributed by atoms with Gasteiger partial charge in [-0.3, -0.25) is 0 Å². The van der Waals surface area contributed by atoms with E-state index < -0.39 is 24.0 Å². The predicted molar refractivity (Wildman–Crippen MR) is 83.5 cm³/mol. The summed E-state index contributed by atoms with van der Waals surface area (Å²) < 4.78 is 38.1. The third-order valence-corrected chi connectivity index (χ3v) is 4.70. The van der Waals surface area contributed by atoms with Crippen LogP contribution < -0.4 is 5.32 Å². The Morgan fingerprint density at radius 3 is 2.96 bits per heavy atom. The molecule has 1 atom stereocenters. The molecule has 2 N–H and O–H groups in total. The summed E-state index contributed by atoms with van der Waals surface area (Å²) in [5.41, 5.74) is 0.187. The fraction of sp³-hybridized carbons (Fsp3) is 0.533. The lowest BCUT2D eigenvalue weighted by Crippen LogP contribution is -2.43. The minimum atomic E-state index is -2.49. The normalized spacial score (nSPS) is 18.3. The topological polar surface area (TPSA) is 52.6 Å². The number of anilines is 1. The van der Waals surface area contributed by atoms with Gasteiger partial charge in [0.15, 0.2) is 0 Å².